The van der Waals surface area contributed by atoms with Gasteiger partial charge in [-0.3, -0.25) is 14.4 Å². The molecular weight excluding hydrogens is 414 g/mol. The molecule has 1 spiro atoms. The Hall–Kier alpha value is -1.44. The molecule has 0 radical (unpaired) electrons. The van der Waals surface area contributed by atoms with Crippen LogP contribution in [0.3, 0.4) is 0 Å². The molecule has 1 heterocycles. The topological polar surface area (TPSA) is 65.1 Å². The molecule has 7 heteroatoms. The third-order valence-electron chi connectivity index (χ3n) is 5.82. The van der Waals surface area contributed by atoms with Crippen molar-refractivity contribution in [2.45, 2.75) is 50.2 Å². The van der Waals surface area contributed by atoms with Gasteiger partial charge in [0.05, 0.1) is 25.9 Å². The van der Waals surface area contributed by atoms with Crippen molar-refractivity contribution in [3.8, 4) is 0 Å². The van der Waals surface area contributed by atoms with E-state index in [0.29, 0.717) is 0 Å². The fraction of sp³-hybridized carbons (Fsp3) is 0.600. The number of ether oxygens (including phenoxy) is 2. The van der Waals surface area contributed by atoms with E-state index in [-0.39, 0.29) is 6.42 Å². The molecule has 0 N–H and O–H groups in total. The molecule has 1 aromatic rings. The molecule has 148 valence electrons. The number of carbonyl (C=O) groups is 2. The number of nitrogens with zero attached hydrogens (tertiary/aromatic N) is 1. The molecule has 1 saturated carbocycles. The van der Waals surface area contributed by atoms with E-state index >= 15 is 0 Å². The van der Waals surface area contributed by atoms with Crippen LogP contribution in [-0.2, 0) is 23.9 Å². The van der Waals surface area contributed by atoms with E-state index in [2.05, 4.69) is 15.9 Å². The second-order valence-electron chi connectivity index (χ2n) is 7.47. The Morgan fingerprint density at radius 2 is 1.63 bits per heavy atom. The second-order valence-corrected chi connectivity index (χ2v) is 8.38. The average Bonchev–Trinajstić information content (AvgIpc) is 2.67. The third kappa shape index (κ3) is 3.52. The molecule has 0 aromatic heterocycles. The molecule has 1 aliphatic carbocycles. The number of hydroxylamine groups is 2. The second kappa shape index (κ2) is 7.89. The predicted molar refractivity (Wildman–Crippen MR) is 103 cm³/mol. The Labute approximate surface area is 168 Å². The molecule has 1 aromatic carbocycles. The summed E-state index contributed by atoms with van der Waals surface area (Å²) < 4.78 is 11.2. The monoisotopic (exact) mass is 439 g/mol. The molecule has 27 heavy (non-hydrogen) atoms. The number of hydrogen-bond donors (Lipinski definition) is 0. The van der Waals surface area contributed by atoms with Crippen molar-refractivity contribution in [2.75, 3.05) is 21.3 Å². The van der Waals surface area contributed by atoms with Gasteiger partial charge in [0, 0.05) is 17.9 Å². The normalized spacial score (nSPS) is 24.4. The van der Waals surface area contributed by atoms with Crippen molar-refractivity contribution >= 4 is 27.9 Å². The van der Waals surface area contributed by atoms with Crippen LogP contribution in [0.5, 0.6) is 0 Å². The van der Waals surface area contributed by atoms with Crippen LogP contribution in [0.25, 0.3) is 0 Å². The lowest BCUT2D eigenvalue weighted by molar-refractivity contribution is -0.322. The van der Waals surface area contributed by atoms with Gasteiger partial charge in [0.25, 0.3) is 0 Å². The Morgan fingerprint density at radius 1 is 1.07 bits per heavy atom. The summed E-state index contributed by atoms with van der Waals surface area (Å²) >= 11 is 3.43. The molecule has 1 aliphatic heterocycles. The van der Waals surface area contributed by atoms with E-state index in [1.165, 1.54) is 14.2 Å². The van der Waals surface area contributed by atoms with E-state index in [4.69, 9.17) is 14.3 Å². The quantitative estimate of drug-likeness (QED) is 0.527. The van der Waals surface area contributed by atoms with E-state index in [1.807, 2.05) is 24.3 Å². The zero-order valence-electron chi connectivity index (χ0n) is 16.0. The summed E-state index contributed by atoms with van der Waals surface area (Å²) in [7, 11) is 4.41. The van der Waals surface area contributed by atoms with Crippen LogP contribution in [-0.4, -0.2) is 43.9 Å². The minimum atomic E-state index is -1.48. The fourth-order valence-electron chi connectivity index (χ4n) is 4.72. The van der Waals surface area contributed by atoms with Gasteiger partial charge >= 0.3 is 11.9 Å². The highest BCUT2D eigenvalue weighted by Gasteiger charge is 2.64. The van der Waals surface area contributed by atoms with Crippen molar-refractivity contribution < 1.29 is 23.9 Å². The molecule has 2 aliphatic rings. The largest absolute Gasteiger partial charge is 0.468 e. The standard InChI is InChI=1S/C20H26BrNO5/c1-22-16(14-7-9-15(21)10-8-14)20(17(23)25-2,18(24)26-3)13-19(27-22)11-5-4-6-12-19/h7-10,16H,4-6,11-13H2,1-3H3/t16-/m1/s1. The maximum atomic E-state index is 13.1. The van der Waals surface area contributed by atoms with Gasteiger partial charge in [-0.1, -0.05) is 47.3 Å². The Kier molecular flexibility index (Phi) is 5.93. The number of hydrogen-bond acceptors (Lipinski definition) is 6. The number of benzene rings is 1. The summed E-state index contributed by atoms with van der Waals surface area (Å²) in [5.41, 5.74) is -1.25. The fourth-order valence-corrected chi connectivity index (χ4v) is 4.99. The minimum Gasteiger partial charge on any atom is -0.468 e. The molecule has 2 fully saturated rings. The lowest BCUT2D eigenvalue weighted by Crippen LogP contribution is -2.62. The van der Waals surface area contributed by atoms with E-state index in [0.717, 1.165) is 42.1 Å². The molecule has 1 saturated heterocycles. The van der Waals surface area contributed by atoms with Gasteiger partial charge in [0.15, 0.2) is 5.41 Å². The van der Waals surface area contributed by atoms with Crippen molar-refractivity contribution in [3.05, 3.63) is 34.3 Å². The van der Waals surface area contributed by atoms with Crippen LogP contribution in [0, 0.1) is 5.41 Å². The van der Waals surface area contributed by atoms with Crippen LogP contribution in [0.1, 0.15) is 50.1 Å². The lowest BCUT2D eigenvalue weighted by Gasteiger charge is -2.53. The van der Waals surface area contributed by atoms with Crippen LogP contribution in [0.15, 0.2) is 28.7 Å². The van der Waals surface area contributed by atoms with E-state index < -0.39 is 29.0 Å². The first kappa shape index (κ1) is 20.3. The molecule has 0 unspecified atom stereocenters. The van der Waals surface area contributed by atoms with Gasteiger partial charge < -0.3 is 9.47 Å². The van der Waals surface area contributed by atoms with Crippen LogP contribution in [0.2, 0.25) is 0 Å². The maximum absolute atomic E-state index is 13.1. The van der Waals surface area contributed by atoms with Gasteiger partial charge in [0.1, 0.15) is 0 Å². The highest BCUT2D eigenvalue weighted by molar-refractivity contribution is 9.10. The van der Waals surface area contributed by atoms with Crippen molar-refractivity contribution in [1.82, 2.24) is 5.06 Å². The molecular formula is C20H26BrNO5. The summed E-state index contributed by atoms with van der Waals surface area (Å²) in [5.74, 6) is -1.16. The summed E-state index contributed by atoms with van der Waals surface area (Å²) in [6.45, 7) is 0. The number of rotatable bonds is 3. The number of methoxy groups -OCH3 is 2. The van der Waals surface area contributed by atoms with Gasteiger partial charge in [-0.05, 0) is 30.5 Å². The zero-order chi connectivity index (χ0) is 19.7. The molecule has 0 amide bonds. The predicted octanol–water partition coefficient (Wildman–Crippen LogP) is 3.79. The maximum Gasteiger partial charge on any atom is 0.325 e. The lowest BCUT2D eigenvalue weighted by atomic mass is 9.65. The van der Waals surface area contributed by atoms with Crippen molar-refractivity contribution in [1.29, 1.82) is 0 Å². The highest BCUT2D eigenvalue weighted by Crippen LogP contribution is 2.54. The van der Waals surface area contributed by atoms with Crippen LogP contribution >= 0.6 is 15.9 Å². The van der Waals surface area contributed by atoms with Crippen LogP contribution < -0.4 is 0 Å². The number of carbonyl (C=O) groups excluding carboxylic acids is 2. The third-order valence-corrected chi connectivity index (χ3v) is 6.35. The highest BCUT2D eigenvalue weighted by atomic mass is 79.9. The summed E-state index contributed by atoms with van der Waals surface area (Å²) in [5, 5.41) is 1.66. The smallest absolute Gasteiger partial charge is 0.325 e. The van der Waals surface area contributed by atoms with Gasteiger partial charge in [0.2, 0.25) is 0 Å². The summed E-state index contributed by atoms with van der Waals surface area (Å²) in [4.78, 5) is 32.6. The molecule has 3 rings (SSSR count). The number of esters is 2. The van der Waals surface area contributed by atoms with E-state index in [9.17, 15) is 9.59 Å². The average molecular weight is 440 g/mol. The molecule has 0 bridgehead atoms. The zero-order valence-corrected chi connectivity index (χ0v) is 17.6. The summed E-state index contributed by atoms with van der Waals surface area (Å²) in [6, 6.07) is 6.89. The van der Waals surface area contributed by atoms with Gasteiger partial charge in [-0.2, -0.15) is 5.06 Å². The van der Waals surface area contributed by atoms with Crippen LogP contribution in [0.4, 0.5) is 0 Å². The number of halogens is 1. The first-order valence-corrected chi connectivity index (χ1v) is 10.0. The Bertz CT molecular complexity index is 683. The Morgan fingerprint density at radius 3 is 2.15 bits per heavy atom. The van der Waals surface area contributed by atoms with Crippen molar-refractivity contribution in [2.24, 2.45) is 5.41 Å². The molecule has 1 atom stereocenters. The first-order chi connectivity index (χ1) is 12.9. The summed E-state index contributed by atoms with van der Waals surface area (Å²) in [6.07, 6.45) is 5.02. The van der Waals surface area contributed by atoms with Gasteiger partial charge in [-0.15, -0.1) is 0 Å². The van der Waals surface area contributed by atoms with Crippen molar-refractivity contribution in [3.63, 3.8) is 0 Å². The SMILES string of the molecule is COC(=O)C1(C(=O)OC)CC2(CCCCC2)ON(C)[C@@H]1c1ccc(Br)cc1. The van der Waals surface area contributed by atoms with E-state index in [1.54, 1.807) is 12.1 Å². The Balaban J connectivity index is 2.15. The molecule has 6 nitrogen and oxygen atoms in total. The van der Waals surface area contributed by atoms with Gasteiger partial charge in [-0.25, -0.2) is 0 Å². The first-order valence-electron chi connectivity index (χ1n) is 9.23. The minimum absolute atomic E-state index is 0.254.